The van der Waals surface area contributed by atoms with E-state index in [0.29, 0.717) is 35.6 Å². The van der Waals surface area contributed by atoms with Crippen LogP contribution in [0.4, 0.5) is 29.5 Å². The molecule has 0 fully saturated rings. The van der Waals surface area contributed by atoms with E-state index in [-0.39, 0.29) is 17.1 Å². The maximum atomic E-state index is 13.1. The minimum atomic E-state index is -4.48. The van der Waals surface area contributed by atoms with E-state index in [1.54, 1.807) is 12.1 Å². The van der Waals surface area contributed by atoms with E-state index in [9.17, 15) is 26.4 Å². The molecule has 1 aliphatic heterocycles. The lowest BCUT2D eigenvalue weighted by Crippen LogP contribution is -2.41. The van der Waals surface area contributed by atoms with Crippen molar-refractivity contribution < 1.29 is 26.4 Å². The maximum Gasteiger partial charge on any atom is 0.416 e. The van der Waals surface area contributed by atoms with Crippen molar-refractivity contribution in [3.63, 3.8) is 0 Å². The van der Waals surface area contributed by atoms with Crippen LogP contribution in [0.25, 0.3) is 0 Å². The normalized spacial score (nSPS) is 13.9. The second-order valence-corrected chi connectivity index (χ2v) is 10.1. The Balaban J connectivity index is 1.43. The fourth-order valence-corrected chi connectivity index (χ4v) is 4.20. The molecule has 9 nitrogen and oxygen atoms in total. The lowest BCUT2D eigenvalue weighted by molar-refractivity contribution is -0.137. The monoisotopic (exact) mass is 518 g/mol. The van der Waals surface area contributed by atoms with Crippen molar-refractivity contribution in [2.75, 3.05) is 18.1 Å². The number of nitrogens with one attached hydrogen (secondary N) is 2. The second-order valence-electron chi connectivity index (χ2n) is 8.04. The predicted octanol–water partition coefficient (Wildman–Crippen LogP) is 3.74. The number of hydrogen-bond acceptors (Lipinski definition) is 7. The Morgan fingerprint density at radius 2 is 1.89 bits per heavy atom. The van der Waals surface area contributed by atoms with E-state index in [1.807, 2.05) is 0 Å². The van der Waals surface area contributed by atoms with Crippen LogP contribution in [0.2, 0.25) is 0 Å². The van der Waals surface area contributed by atoms with Crippen LogP contribution in [0, 0.1) is 0 Å². The van der Waals surface area contributed by atoms with E-state index in [1.165, 1.54) is 41.7 Å². The smallest absolute Gasteiger partial charge is 0.340 e. The summed E-state index contributed by atoms with van der Waals surface area (Å²) in [6, 6.07) is 10.3. The van der Waals surface area contributed by atoms with Crippen molar-refractivity contribution in [1.29, 1.82) is 0 Å². The molecule has 2 heterocycles. The molecule has 36 heavy (non-hydrogen) atoms. The third-order valence-corrected chi connectivity index (χ3v) is 6.55. The van der Waals surface area contributed by atoms with Crippen LogP contribution in [0.15, 0.2) is 64.9 Å². The van der Waals surface area contributed by atoms with Crippen LogP contribution < -0.4 is 10.7 Å². The van der Waals surface area contributed by atoms with Crippen molar-refractivity contribution in [3.05, 3.63) is 77.2 Å². The first-order chi connectivity index (χ1) is 17.0. The number of amides is 2. The number of aromatic nitrogens is 2. The number of rotatable bonds is 5. The zero-order valence-electron chi connectivity index (χ0n) is 19.0. The summed E-state index contributed by atoms with van der Waals surface area (Å²) in [5.74, 6) is 0.311. The van der Waals surface area contributed by atoms with Gasteiger partial charge in [0.2, 0.25) is 0 Å². The fraction of sp³-hybridized carbons (Fsp3) is 0.217. The van der Waals surface area contributed by atoms with Crippen molar-refractivity contribution in [2.24, 2.45) is 5.10 Å². The van der Waals surface area contributed by atoms with Gasteiger partial charge in [-0.05, 0) is 35.9 Å². The van der Waals surface area contributed by atoms with Gasteiger partial charge in [0.05, 0.1) is 28.9 Å². The molecule has 1 aliphatic rings. The number of anilines is 2. The molecule has 13 heteroatoms. The van der Waals surface area contributed by atoms with Crippen LogP contribution in [0.1, 0.15) is 22.4 Å². The molecule has 0 atom stereocenters. The van der Waals surface area contributed by atoms with Crippen LogP contribution in [0.3, 0.4) is 0 Å². The Bertz CT molecular complexity index is 1410. The minimum Gasteiger partial charge on any atom is -0.340 e. The van der Waals surface area contributed by atoms with Crippen LogP contribution >= 0.6 is 0 Å². The average molecular weight is 519 g/mol. The molecular weight excluding hydrogens is 497 g/mol. The molecular formula is C23H21F3N6O3S. The van der Waals surface area contributed by atoms with Gasteiger partial charge in [0.25, 0.3) is 0 Å². The highest BCUT2D eigenvalue weighted by atomic mass is 32.2. The van der Waals surface area contributed by atoms with Crippen molar-refractivity contribution in [2.45, 2.75) is 24.0 Å². The van der Waals surface area contributed by atoms with E-state index in [4.69, 9.17) is 0 Å². The summed E-state index contributed by atoms with van der Waals surface area (Å²) in [5, 5.41) is 6.82. The van der Waals surface area contributed by atoms with E-state index >= 15 is 0 Å². The molecule has 2 N–H and O–H groups in total. The summed E-state index contributed by atoms with van der Waals surface area (Å²) in [4.78, 5) is 22.7. The lowest BCUT2D eigenvalue weighted by atomic mass is 10.1. The molecule has 188 valence electrons. The zero-order chi connectivity index (χ0) is 25.9. The standard InChI is InChI=1S/C23H21F3N6O3S/c1-36(34,35)18-7-5-15(6-8-18)12-29-31-22(33)32-10-9-20-19(13-32)21(28-14-27-20)30-17-4-2-3-16(11-17)23(24,25)26/h2-8,11-12,14H,9-10,13H2,1H3,(H,31,33)(H,27,28,30)/b29-12+. The molecule has 1 aromatic heterocycles. The van der Waals surface area contributed by atoms with Crippen molar-refractivity contribution in [3.8, 4) is 0 Å². The third-order valence-electron chi connectivity index (χ3n) is 5.42. The van der Waals surface area contributed by atoms with Gasteiger partial charge in [-0.1, -0.05) is 18.2 Å². The number of hydrazone groups is 1. The summed E-state index contributed by atoms with van der Waals surface area (Å²) in [7, 11) is -3.31. The first kappa shape index (κ1) is 25.1. The second kappa shape index (κ2) is 9.93. The van der Waals surface area contributed by atoms with Crippen LogP contribution in [0.5, 0.6) is 0 Å². The van der Waals surface area contributed by atoms with Crippen LogP contribution in [-0.4, -0.2) is 48.3 Å². The Labute approximate surface area is 205 Å². The molecule has 0 unspecified atom stereocenters. The fourth-order valence-electron chi connectivity index (χ4n) is 3.57. The SMILES string of the molecule is CS(=O)(=O)c1ccc(/C=N/NC(=O)N2CCc3ncnc(Nc4cccc(C(F)(F)F)c4)c3C2)cc1. The summed E-state index contributed by atoms with van der Waals surface area (Å²) >= 11 is 0. The van der Waals surface area contributed by atoms with Crippen molar-refractivity contribution in [1.82, 2.24) is 20.3 Å². The summed E-state index contributed by atoms with van der Waals surface area (Å²) in [5.41, 5.74) is 3.71. The highest BCUT2D eigenvalue weighted by Crippen LogP contribution is 2.32. The predicted molar refractivity (Wildman–Crippen MR) is 127 cm³/mol. The number of carbonyl (C=O) groups is 1. The topological polar surface area (TPSA) is 117 Å². The summed E-state index contributed by atoms with van der Waals surface area (Å²) in [6.07, 6.45) is -0.235. The largest absolute Gasteiger partial charge is 0.416 e. The summed E-state index contributed by atoms with van der Waals surface area (Å²) in [6.45, 7) is 0.485. The minimum absolute atomic E-state index is 0.127. The van der Waals surface area contributed by atoms with E-state index in [0.717, 1.165) is 18.4 Å². The summed E-state index contributed by atoms with van der Waals surface area (Å²) < 4.78 is 62.2. The van der Waals surface area contributed by atoms with Gasteiger partial charge >= 0.3 is 12.2 Å². The Morgan fingerprint density at radius 3 is 2.58 bits per heavy atom. The number of nitrogens with zero attached hydrogens (tertiary/aromatic N) is 4. The molecule has 2 aromatic carbocycles. The number of benzene rings is 2. The van der Waals surface area contributed by atoms with Gasteiger partial charge in [-0.3, -0.25) is 0 Å². The van der Waals surface area contributed by atoms with Gasteiger partial charge in [-0.2, -0.15) is 18.3 Å². The number of alkyl halides is 3. The lowest BCUT2D eigenvalue weighted by Gasteiger charge is -2.28. The average Bonchev–Trinajstić information content (AvgIpc) is 2.83. The molecule has 0 radical (unpaired) electrons. The first-order valence-corrected chi connectivity index (χ1v) is 12.5. The van der Waals surface area contributed by atoms with E-state index < -0.39 is 27.6 Å². The molecule has 4 rings (SSSR count). The molecule has 0 saturated carbocycles. The number of fused-ring (bicyclic) bond motifs is 1. The number of urea groups is 1. The van der Waals surface area contributed by atoms with Gasteiger partial charge in [0, 0.05) is 30.5 Å². The van der Waals surface area contributed by atoms with Crippen molar-refractivity contribution >= 4 is 33.6 Å². The Kier molecular flexibility index (Phi) is 6.93. The first-order valence-electron chi connectivity index (χ1n) is 10.7. The highest BCUT2D eigenvalue weighted by molar-refractivity contribution is 7.90. The molecule has 0 bridgehead atoms. The number of hydrogen-bond donors (Lipinski definition) is 2. The van der Waals surface area contributed by atoms with Gasteiger partial charge in [0.15, 0.2) is 9.84 Å². The Morgan fingerprint density at radius 1 is 1.14 bits per heavy atom. The van der Waals surface area contributed by atoms with Gasteiger partial charge < -0.3 is 10.2 Å². The number of sulfone groups is 1. The van der Waals surface area contributed by atoms with E-state index in [2.05, 4.69) is 25.8 Å². The van der Waals surface area contributed by atoms with Gasteiger partial charge in [-0.15, -0.1) is 0 Å². The number of carbonyl (C=O) groups excluding carboxylic acids is 1. The van der Waals surface area contributed by atoms with Crippen LogP contribution in [-0.2, 0) is 29.0 Å². The Hall–Kier alpha value is -4.00. The quantitative estimate of drug-likeness (QED) is 0.393. The molecule has 0 saturated heterocycles. The zero-order valence-corrected chi connectivity index (χ0v) is 19.8. The molecule has 2 amide bonds. The number of halogens is 3. The van der Waals surface area contributed by atoms with Gasteiger partial charge in [-0.25, -0.2) is 28.6 Å². The molecule has 3 aromatic rings. The maximum absolute atomic E-state index is 13.1. The molecule has 0 spiro atoms. The highest BCUT2D eigenvalue weighted by Gasteiger charge is 2.30. The van der Waals surface area contributed by atoms with Gasteiger partial charge in [0.1, 0.15) is 12.1 Å². The molecule has 0 aliphatic carbocycles. The third kappa shape index (κ3) is 5.97.